The molecule has 0 radical (unpaired) electrons. The number of alkyl halides is 3. The van der Waals surface area contributed by atoms with E-state index < -0.39 is 6.36 Å². The third kappa shape index (κ3) is 3.56. The number of hydrogen-bond donors (Lipinski definition) is 0. The molecule has 1 aromatic rings. The molecule has 0 aromatic heterocycles. The summed E-state index contributed by atoms with van der Waals surface area (Å²) < 4.78 is 40.4. The maximum Gasteiger partial charge on any atom is 0.573 e. The van der Waals surface area contributed by atoms with Gasteiger partial charge in [0.05, 0.1) is 4.47 Å². The molecular weight excluding hydrogens is 285 g/mol. The molecule has 5 heteroatoms. The van der Waals surface area contributed by atoms with Gasteiger partial charge in [0.15, 0.2) is 0 Å². The summed E-state index contributed by atoms with van der Waals surface area (Å²) in [6, 6.07) is 2.95. The Morgan fingerprint density at radius 2 is 1.94 bits per heavy atom. The normalized spacial score (nSPS) is 12.1. The van der Waals surface area contributed by atoms with Crippen molar-refractivity contribution in [1.82, 2.24) is 0 Å². The smallest absolute Gasteiger partial charge is 0.405 e. The van der Waals surface area contributed by atoms with Crippen LogP contribution >= 0.6 is 15.9 Å². The lowest BCUT2D eigenvalue weighted by Crippen LogP contribution is -2.17. The molecule has 88 valence electrons. The zero-order valence-corrected chi connectivity index (χ0v) is 10.3. The second kappa shape index (κ2) is 4.91. The van der Waals surface area contributed by atoms with Crippen molar-refractivity contribution in [3.63, 3.8) is 0 Å². The van der Waals surface area contributed by atoms with Crippen LogP contribution in [0, 0.1) is 6.92 Å². The van der Waals surface area contributed by atoms with E-state index >= 15 is 0 Å². The van der Waals surface area contributed by atoms with Crippen LogP contribution in [0.25, 0.3) is 6.08 Å². The van der Waals surface area contributed by atoms with Gasteiger partial charge in [-0.1, -0.05) is 12.2 Å². The Morgan fingerprint density at radius 1 is 1.31 bits per heavy atom. The maximum atomic E-state index is 12.1. The van der Waals surface area contributed by atoms with Crippen LogP contribution in [0.3, 0.4) is 0 Å². The van der Waals surface area contributed by atoms with Gasteiger partial charge in [0.25, 0.3) is 0 Å². The molecule has 0 atom stereocenters. The first-order valence-corrected chi connectivity index (χ1v) is 5.31. The van der Waals surface area contributed by atoms with E-state index in [4.69, 9.17) is 0 Å². The summed E-state index contributed by atoms with van der Waals surface area (Å²) >= 11 is 3.04. The summed E-state index contributed by atoms with van der Waals surface area (Å²) in [5.41, 5.74) is 1.57. The number of aryl methyl sites for hydroxylation is 1. The molecule has 0 unspecified atom stereocenters. The van der Waals surface area contributed by atoms with Gasteiger partial charge < -0.3 is 4.74 Å². The molecule has 0 aliphatic heterocycles. The minimum absolute atomic E-state index is 0.230. The van der Waals surface area contributed by atoms with Crippen molar-refractivity contribution in [3.05, 3.63) is 33.8 Å². The third-order valence-corrected chi connectivity index (χ3v) is 2.51. The lowest BCUT2D eigenvalue weighted by atomic mass is 10.1. The molecule has 0 aliphatic rings. The number of hydrogen-bond acceptors (Lipinski definition) is 1. The van der Waals surface area contributed by atoms with E-state index in [0.717, 1.165) is 5.56 Å². The van der Waals surface area contributed by atoms with Gasteiger partial charge in [-0.25, -0.2) is 0 Å². The quantitative estimate of drug-likeness (QED) is 0.769. The van der Waals surface area contributed by atoms with Crippen molar-refractivity contribution in [2.24, 2.45) is 0 Å². The van der Waals surface area contributed by atoms with Crippen molar-refractivity contribution in [3.8, 4) is 5.75 Å². The van der Waals surface area contributed by atoms with Crippen molar-refractivity contribution >= 4 is 22.0 Å². The molecule has 0 spiro atoms. The first-order chi connectivity index (χ1) is 7.33. The number of ether oxygens (including phenoxy) is 1. The topological polar surface area (TPSA) is 9.23 Å². The average molecular weight is 295 g/mol. The molecule has 16 heavy (non-hydrogen) atoms. The molecule has 1 aromatic carbocycles. The summed E-state index contributed by atoms with van der Waals surface area (Å²) in [4.78, 5) is 0. The highest BCUT2D eigenvalue weighted by atomic mass is 79.9. The van der Waals surface area contributed by atoms with E-state index in [1.807, 2.05) is 6.92 Å². The fourth-order valence-electron chi connectivity index (χ4n) is 1.23. The van der Waals surface area contributed by atoms with Crippen LogP contribution in [-0.2, 0) is 0 Å². The van der Waals surface area contributed by atoms with Crippen LogP contribution in [0.5, 0.6) is 5.75 Å². The highest BCUT2D eigenvalue weighted by molar-refractivity contribution is 9.10. The average Bonchev–Trinajstić information content (AvgIpc) is 2.11. The molecule has 0 saturated carbocycles. The zero-order valence-electron chi connectivity index (χ0n) is 8.73. The lowest BCUT2D eigenvalue weighted by molar-refractivity contribution is -0.274. The molecule has 0 aliphatic carbocycles. The maximum absolute atomic E-state index is 12.1. The van der Waals surface area contributed by atoms with Gasteiger partial charge in [0, 0.05) is 0 Å². The molecule has 0 amide bonds. The first kappa shape index (κ1) is 13.1. The largest absolute Gasteiger partial charge is 0.573 e. The fraction of sp³-hybridized carbons (Fsp3) is 0.273. The molecular formula is C11H10BrF3O. The molecule has 1 nitrogen and oxygen atoms in total. The van der Waals surface area contributed by atoms with E-state index in [2.05, 4.69) is 20.7 Å². The Balaban J connectivity index is 3.14. The number of allylic oxidation sites excluding steroid dienone is 1. The van der Waals surface area contributed by atoms with E-state index in [0.29, 0.717) is 5.56 Å². The van der Waals surface area contributed by atoms with Crippen LogP contribution in [0.2, 0.25) is 0 Å². The molecule has 0 bridgehead atoms. The summed E-state index contributed by atoms with van der Waals surface area (Å²) in [7, 11) is 0. The summed E-state index contributed by atoms with van der Waals surface area (Å²) in [5, 5.41) is 0. The Bertz CT molecular complexity index is 410. The molecule has 0 fully saturated rings. The van der Waals surface area contributed by atoms with Crippen LogP contribution in [0.15, 0.2) is 22.7 Å². The first-order valence-electron chi connectivity index (χ1n) is 4.52. The molecule has 0 saturated heterocycles. The Hall–Kier alpha value is -0.970. The lowest BCUT2D eigenvalue weighted by Gasteiger charge is -2.12. The van der Waals surface area contributed by atoms with Crippen molar-refractivity contribution in [1.29, 1.82) is 0 Å². The highest BCUT2D eigenvalue weighted by Crippen LogP contribution is 2.33. The Labute approximate surface area is 100 Å². The number of rotatable bonds is 2. The SMILES string of the molecule is C/C=C/c1cc(OC(F)(F)F)c(Br)cc1C. The van der Waals surface area contributed by atoms with Crippen LogP contribution in [0.4, 0.5) is 13.2 Å². The van der Waals surface area contributed by atoms with E-state index in [-0.39, 0.29) is 10.2 Å². The third-order valence-electron chi connectivity index (χ3n) is 1.89. The minimum atomic E-state index is -4.68. The van der Waals surface area contributed by atoms with Crippen molar-refractivity contribution in [2.45, 2.75) is 20.2 Å². The van der Waals surface area contributed by atoms with Gasteiger partial charge in [-0.2, -0.15) is 0 Å². The van der Waals surface area contributed by atoms with Crippen molar-refractivity contribution < 1.29 is 17.9 Å². The molecule has 0 N–H and O–H groups in total. The number of benzene rings is 1. The van der Waals surface area contributed by atoms with Crippen LogP contribution < -0.4 is 4.74 Å². The van der Waals surface area contributed by atoms with Gasteiger partial charge in [0.1, 0.15) is 5.75 Å². The van der Waals surface area contributed by atoms with Crippen molar-refractivity contribution in [2.75, 3.05) is 0 Å². The van der Waals surface area contributed by atoms with Gasteiger partial charge >= 0.3 is 6.36 Å². The standard InChI is InChI=1S/C11H10BrF3O/c1-3-4-8-6-10(16-11(13,14)15)9(12)5-7(8)2/h3-6H,1-2H3/b4-3+. The second-order valence-corrected chi connectivity index (χ2v) is 4.04. The van der Waals surface area contributed by atoms with E-state index in [1.165, 1.54) is 6.07 Å². The van der Waals surface area contributed by atoms with Gasteiger partial charge in [-0.3, -0.25) is 0 Å². The van der Waals surface area contributed by atoms with Gasteiger partial charge in [0.2, 0.25) is 0 Å². The fourth-order valence-corrected chi connectivity index (χ4v) is 1.77. The second-order valence-electron chi connectivity index (χ2n) is 3.19. The summed E-state index contributed by atoms with van der Waals surface area (Å²) in [5.74, 6) is -0.230. The predicted molar refractivity (Wildman–Crippen MR) is 60.3 cm³/mol. The van der Waals surface area contributed by atoms with E-state index in [9.17, 15) is 13.2 Å². The van der Waals surface area contributed by atoms with Gasteiger partial charge in [-0.15, -0.1) is 13.2 Å². The van der Waals surface area contributed by atoms with Crippen LogP contribution in [0.1, 0.15) is 18.1 Å². The zero-order chi connectivity index (χ0) is 12.3. The highest BCUT2D eigenvalue weighted by Gasteiger charge is 2.32. The number of halogens is 4. The predicted octanol–water partition coefficient (Wildman–Crippen LogP) is 4.69. The monoisotopic (exact) mass is 294 g/mol. The molecule has 1 rings (SSSR count). The summed E-state index contributed by atoms with van der Waals surface area (Å²) in [6.45, 7) is 3.61. The summed E-state index contributed by atoms with van der Waals surface area (Å²) in [6.07, 6.45) is -1.19. The minimum Gasteiger partial charge on any atom is -0.405 e. The Kier molecular flexibility index (Phi) is 4.02. The molecule has 0 heterocycles. The van der Waals surface area contributed by atoms with E-state index in [1.54, 1.807) is 25.1 Å². The Morgan fingerprint density at radius 3 is 2.44 bits per heavy atom. The van der Waals surface area contributed by atoms with Gasteiger partial charge in [-0.05, 0) is 53.0 Å². The van der Waals surface area contributed by atoms with Crippen LogP contribution in [-0.4, -0.2) is 6.36 Å².